The van der Waals surface area contributed by atoms with E-state index in [1.54, 1.807) is 12.5 Å². The number of carbonyl (C=O) groups is 1. The number of rotatable bonds is 6. The fourth-order valence-corrected chi connectivity index (χ4v) is 3.20. The largest absolute Gasteiger partial charge is 0.336 e. The molecule has 0 aliphatic rings. The van der Waals surface area contributed by atoms with Crippen LogP contribution in [0, 0.1) is 0 Å². The first-order valence-electron chi connectivity index (χ1n) is 6.59. The minimum absolute atomic E-state index is 0.0838. The van der Waals surface area contributed by atoms with Crippen LogP contribution in [0.15, 0.2) is 43.0 Å². The van der Waals surface area contributed by atoms with E-state index in [2.05, 4.69) is 4.98 Å². The van der Waals surface area contributed by atoms with Crippen molar-refractivity contribution in [3.05, 3.63) is 53.6 Å². The minimum atomic E-state index is 0.0838. The number of thioether (sulfide) groups is 1. The van der Waals surface area contributed by atoms with Gasteiger partial charge in [-0.05, 0) is 24.1 Å². The van der Waals surface area contributed by atoms with Crippen molar-refractivity contribution < 1.29 is 4.79 Å². The molecule has 0 saturated carbocycles. The zero-order valence-corrected chi connectivity index (χ0v) is 12.9. The molecule has 0 aliphatic carbocycles. The summed E-state index contributed by atoms with van der Waals surface area (Å²) < 4.78 is 1.99. The molecule has 20 heavy (non-hydrogen) atoms. The molecule has 1 unspecified atom stereocenters. The lowest BCUT2D eigenvalue weighted by Crippen LogP contribution is -2.07. The summed E-state index contributed by atoms with van der Waals surface area (Å²) >= 11 is 7.32. The fraction of sp³-hybridized carbons (Fsp3) is 0.333. The Kier molecular flexibility index (Phi) is 5.68. The minimum Gasteiger partial charge on any atom is -0.336 e. The Labute approximate surface area is 128 Å². The zero-order valence-electron chi connectivity index (χ0n) is 11.3. The predicted molar refractivity (Wildman–Crippen MR) is 83.9 cm³/mol. The Bertz CT molecular complexity index is 540. The van der Waals surface area contributed by atoms with Crippen LogP contribution >= 0.6 is 23.4 Å². The van der Waals surface area contributed by atoms with Crippen LogP contribution in [-0.4, -0.2) is 14.7 Å². The van der Waals surface area contributed by atoms with Crippen LogP contribution < -0.4 is 0 Å². The van der Waals surface area contributed by atoms with E-state index in [1.165, 1.54) is 11.8 Å². The van der Waals surface area contributed by atoms with Crippen LogP contribution in [0.4, 0.5) is 0 Å². The number of aromatic nitrogens is 2. The van der Waals surface area contributed by atoms with Crippen LogP contribution in [0.25, 0.3) is 0 Å². The van der Waals surface area contributed by atoms with Gasteiger partial charge in [-0.15, -0.1) is 0 Å². The molecule has 3 nitrogen and oxygen atoms in total. The summed E-state index contributed by atoms with van der Waals surface area (Å²) in [6, 6.07) is 7.69. The molecular formula is C15H17ClN2OS. The van der Waals surface area contributed by atoms with E-state index in [9.17, 15) is 4.79 Å². The van der Waals surface area contributed by atoms with E-state index in [1.807, 2.05) is 42.0 Å². The van der Waals surface area contributed by atoms with E-state index in [4.69, 9.17) is 11.6 Å². The molecule has 2 aromatic rings. The normalized spacial score (nSPS) is 12.3. The Hall–Kier alpha value is -1.26. The average Bonchev–Trinajstić information content (AvgIpc) is 2.92. The third-order valence-electron chi connectivity index (χ3n) is 2.91. The lowest BCUT2D eigenvalue weighted by Gasteiger charge is -2.17. The summed E-state index contributed by atoms with van der Waals surface area (Å²) in [4.78, 5) is 16.0. The van der Waals surface area contributed by atoms with Gasteiger partial charge in [-0.1, -0.05) is 42.4 Å². The summed E-state index contributed by atoms with van der Waals surface area (Å²) in [6.45, 7) is 2.74. The number of imidazole rings is 1. The van der Waals surface area contributed by atoms with Gasteiger partial charge < -0.3 is 4.57 Å². The molecule has 0 radical (unpaired) electrons. The van der Waals surface area contributed by atoms with Gasteiger partial charge in [-0.3, -0.25) is 4.79 Å². The average molecular weight is 309 g/mol. The van der Waals surface area contributed by atoms with Crippen molar-refractivity contribution in [1.29, 1.82) is 0 Å². The quantitative estimate of drug-likeness (QED) is 0.796. The van der Waals surface area contributed by atoms with Crippen LogP contribution in [0.5, 0.6) is 0 Å². The van der Waals surface area contributed by atoms with Gasteiger partial charge in [-0.2, -0.15) is 0 Å². The molecule has 0 N–H and O–H groups in total. The third-order valence-corrected chi connectivity index (χ3v) is 4.33. The van der Waals surface area contributed by atoms with Gasteiger partial charge in [0.2, 0.25) is 0 Å². The highest BCUT2D eigenvalue weighted by molar-refractivity contribution is 8.13. The van der Waals surface area contributed by atoms with Crippen LogP contribution in [0.3, 0.4) is 0 Å². The summed E-state index contributed by atoms with van der Waals surface area (Å²) in [6.07, 6.45) is 6.92. The molecule has 1 heterocycles. The Balaban J connectivity index is 2.14. The Morgan fingerprint density at radius 1 is 1.40 bits per heavy atom. The molecular weight excluding hydrogens is 292 g/mol. The highest BCUT2D eigenvalue weighted by Gasteiger charge is 2.17. The highest BCUT2D eigenvalue weighted by Crippen LogP contribution is 2.32. The van der Waals surface area contributed by atoms with E-state index in [-0.39, 0.29) is 10.4 Å². The van der Waals surface area contributed by atoms with Gasteiger partial charge in [0.25, 0.3) is 0 Å². The maximum absolute atomic E-state index is 11.9. The molecule has 0 bridgehead atoms. The van der Waals surface area contributed by atoms with Crippen molar-refractivity contribution in [3.63, 3.8) is 0 Å². The second-order valence-corrected chi connectivity index (χ2v) is 6.24. The van der Waals surface area contributed by atoms with Crippen molar-refractivity contribution in [2.75, 3.05) is 0 Å². The van der Waals surface area contributed by atoms with Crippen LogP contribution in [0.2, 0.25) is 5.02 Å². The van der Waals surface area contributed by atoms with Crippen molar-refractivity contribution in [3.8, 4) is 0 Å². The number of halogens is 1. The Morgan fingerprint density at radius 2 is 2.15 bits per heavy atom. The van der Waals surface area contributed by atoms with Gasteiger partial charge in [0.15, 0.2) is 5.12 Å². The summed E-state index contributed by atoms with van der Waals surface area (Å²) in [5.74, 6) is 0. The standard InChI is InChI=1S/C15H17ClN2OS/c1-2-3-15(19)20-14(10-18-9-8-17-11-18)12-4-6-13(16)7-5-12/h4-9,11,14H,2-3,10H2,1H3. The number of nitrogens with zero attached hydrogens (tertiary/aromatic N) is 2. The van der Waals surface area contributed by atoms with E-state index < -0.39 is 0 Å². The first kappa shape index (κ1) is 15.1. The summed E-state index contributed by atoms with van der Waals surface area (Å²) in [5.41, 5.74) is 1.11. The molecule has 0 aliphatic heterocycles. The SMILES string of the molecule is CCCC(=O)SC(Cn1ccnc1)c1ccc(Cl)cc1. The fourth-order valence-electron chi connectivity index (χ4n) is 1.90. The third kappa shape index (κ3) is 4.39. The van der Waals surface area contributed by atoms with Crippen LogP contribution in [0.1, 0.15) is 30.6 Å². The first-order valence-corrected chi connectivity index (χ1v) is 7.85. The topological polar surface area (TPSA) is 34.9 Å². The van der Waals surface area contributed by atoms with Crippen molar-refractivity contribution in [2.24, 2.45) is 0 Å². The molecule has 106 valence electrons. The Morgan fingerprint density at radius 3 is 2.75 bits per heavy atom. The zero-order chi connectivity index (χ0) is 14.4. The predicted octanol–water partition coefficient (Wildman–Crippen LogP) is 4.34. The number of hydrogen-bond donors (Lipinski definition) is 0. The number of benzene rings is 1. The molecule has 5 heteroatoms. The van der Waals surface area contributed by atoms with Gasteiger partial charge >= 0.3 is 0 Å². The van der Waals surface area contributed by atoms with Crippen molar-refractivity contribution >= 4 is 28.5 Å². The molecule has 1 aromatic carbocycles. The monoisotopic (exact) mass is 308 g/mol. The van der Waals surface area contributed by atoms with Crippen LogP contribution in [-0.2, 0) is 11.3 Å². The van der Waals surface area contributed by atoms with Gasteiger partial charge in [0.05, 0.1) is 11.6 Å². The van der Waals surface area contributed by atoms with Gasteiger partial charge in [-0.25, -0.2) is 4.98 Å². The molecule has 1 aromatic heterocycles. The summed E-state index contributed by atoms with van der Waals surface area (Å²) in [5, 5.41) is 1.02. The highest BCUT2D eigenvalue weighted by atomic mass is 35.5. The van der Waals surface area contributed by atoms with E-state index in [0.29, 0.717) is 11.4 Å². The lowest BCUT2D eigenvalue weighted by atomic mass is 10.1. The molecule has 2 rings (SSSR count). The molecule has 0 spiro atoms. The maximum atomic E-state index is 11.9. The van der Waals surface area contributed by atoms with Gasteiger partial charge in [0, 0.05) is 30.4 Å². The number of carbonyl (C=O) groups excluding carboxylic acids is 1. The smallest absolute Gasteiger partial charge is 0.189 e. The molecule has 0 amide bonds. The van der Waals surface area contributed by atoms with E-state index >= 15 is 0 Å². The molecule has 0 saturated heterocycles. The first-order chi connectivity index (χ1) is 9.69. The summed E-state index contributed by atoms with van der Waals surface area (Å²) in [7, 11) is 0. The lowest BCUT2D eigenvalue weighted by molar-refractivity contribution is -0.111. The molecule has 0 fully saturated rings. The van der Waals surface area contributed by atoms with E-state index in [0.717, 1.165) is 18.5 Å². The second-order valence-electron chi connectivity index (χ2n) is 4.54. The second kappa shape index (κ2) is 7.50. The van der Waals surface area contributed by atoms with Crippen molar-refractivity contribution in [1.82, 2.24) is 9.55 Å². The van der Waals surface area contributed by atoms with Crippen molar-refractivity contribution in [2.45, 2.75) is 31.6 Å². The maximum Gasteiger partial charge on any atom is 0.189 e. The molecule has 1 atom stereocenters. The van der Waals surface area contributed by atoms with Gasteiger partial charge in [0.1, 0.15) is 0 Å². The number of hydrogen-bond acceptors (Lipinski definition) is 3.